The third-order valence-corrected chi connectivity index (χ3v) is 4.85. The Balaban J connectivity index is 0.00000261. The fourth-order valence-corrected chi connectivity index (χ4v) is 3.32. The van der Waals surface area contributed by atoms with Gasteiger partial charge in [0.1, 0.15) is 5.75 Å². The quantitative estimate of drug-likeness (QED) is 0.772. The van der Waals surface area contributed by atoms with E-state index in [9.17, 15) is 4.79 Å². The Morgan fingerprint density at radius 3 is 2.59 bits per heavy atom. The fraction of sp³-hybridized carbons (Fsp3) is 0.474. The number of aliphatic carboxylic acids is 1. The third-order valence-electron chi connectivity index (χ3n) is 4.85. The molecule has 1 aromatic heterocycles. The van der Waals surface area contributed by atoms with E-state index in [1.807, 2.05) is 36.2 Å². The first-order valence-electron chi connectivity index (χ1n) is 8.78. The molecule has 1 saturated heterocycles. The zero-order valence-electron chi connectivity index (χ0n) is 15.6. The molecule has 1 fully saturated rings. The minimum absolute atomic E-state index is 0. The monoisotopic (exact) mass is 395 g/mol. The van der Waals surface area contributed by atoms with Gasteiger partial charge in [0.25, 0.3) is 0 Å². The number of ether oxygens (including phenoxy) is 1. The van der Waals surface area contributed by atoms with Crippen LogP contribution in [0.4, 0.5) is 0 Å². The van der Waals surface area contributed by atoms with Crippen LogP contribution in [0.15, 0.2) is 34.9 Å². The molecule has 0 atom stereocenters. The smallest absolute Gasteiger partial charge is 0.317 e. The summed E-state index contributed by atoms with van der Waals surface area (Å²) in [6.07, 6.45) is 3.66. The summed E-state index contributed by atoms with van der Waals surface area (Å²) in [6.45, 7) is 2.59. The number of carboxylic acid groups (broad SMARTS) is 1. The largest absolute Gasteiger partial charge is 0.497 e. The molecule has 2 aromatic rings. The summed E-state index contributed by atoms with van der Waals surface area (Å²) < 4.78 is 11.1. The van der Waals surface area contributed by atoms with Gasteiger partial charge in [-0.25, -0.2) is 4.98 Å². The van der Waals surface area contributed by atoms with Crippen molar-refractivity contribution >= 4 is 18.4 Å². The van der Waals surface area contributed by atoms with Crippen molar-refractivity contribution in [3.63, 3.8) is 0 Å². The highest BCUT2D eigenvalue weighted by Crippen LogP contribution is 2.24. The normalized spacial score (nSPS) is 15.5. The molecule has 0 amide bonds. The average molecular weight is 396 g/mol. The van der Waals surface area contributed by atoms with Gasteiger partial charge in [0, 0.05) is 24.7 Å². The molecule has 0 bridgehead atoms. The van der Waals surface area contributed by atoms with E-state index in [0.29, 0.717) is 18.5 Å². The second-order valence-corrected chi connectivity index (χ2v) is 6.66. The number of likely N-dealkylation sites (N-methyl/N-ethyl adjacent to an activating group) is 1. The lowest BCUT2D eigenvalue weighted by Gasteiger charge is -2.35. The van der Waals surface area contributed by atoms with E-state index in [4.69, 9.17) is 14.3 Å². The molecule has 3 rings (SSSR count). The second-order valence-electron chi connectivity index (χ2n) is 6.66. The summed E-state index contributed by atoms with van der Waals surface area (Å²) in [7, 11) is 3.52. The summed E-state index contributed by atoms with van der Waals surface area (Å²) in [5.74, 6) is 1.48. The van der Waals surface area contributed by atoms with Gasteiger partial charge in [-0.2, -0.15) is 0 Å². The lowest BCUT2D eigenvalue weighted by molar-refractivity contribution is -0.138. The van der Waals surface area contributed by atoms with E-state index < -0.39 is 5.97 Å². The summed E-state index contributed by atoms with van der Waals surface area (Å²) in [5.41, 5.74) is 0.971. The van der Waals surface area contributed by atoms with Gasteiger partial charge in [-0.1, -0.05) is 0 Å². The SMILES string of the molecule is COc1ccc(-c2cnc(CN3CCC(N(C)CC(=O)O)CC3)o2)cc1.Cl. The number of hydrogen-bond donors (Lipinski definition) is 1. The van der Waals surface area contributed by atoms with E-state index in [0.717, 1.165) is 43.0 Å². The van der Waals surface area contributed by atoms with Crippen LogP contribution >= 0.6 is 12.4 Å². The van der Waals surface area contributed by atoms with Crippen LogP contribution in [0, 0.1) is 0 Å². The maximum atomic E-state index is 10.8. The van der Waals surface area contributed by atoms with Crippen molar-refractivity contribution in [3.05, 3.63) is 36.4 Å². The summed E-state index contributed by atoms with van der Waals surface area (Å²) >= 11 is 0. The molecule has 0 aliphatic carbocycles. The number of carbonyl (C=O) groups is 1. The number of benzene rings is 1. The predicted octanol–water partition coefficient (Wildman–Crippen LogP) is 2.75. The van der Waals surface area contributed by atoms with Gasteiger partial charge >= 0.3 is 5.97 Å². The van der Waals surface area contributed by atoms with Crippen LogP contribution in [-0.2, 0) is 11.3 Å². The second kappa shape index (κ2) is 9.73. The van der Waals surface area contributed by atoms with Gasteiger partial charge in [0.15, 0.2) is 5.76 Å². The Morgan fingerprint density at radius 1 is 1.33 bits per heavy atom. The zero-order valence-corrected chi connectivity index (χ0v) is 16.4. The number of oxazole rings is 1. The van der Waals surface area contributed by atoms with Crippen LogP contribution in [0.3, 0.4) is 0 Å². The van der Waals surface area contributed by atoms with Crippen molar-refractivity contribution in [1.29, 1.82) is 0 Å². The van der Waals surface area contributed by atoms with E-state index in [2.05, 4.69) is 9.88 Å². The molecule has 0 spiro atoms. The molecule has 27 heavy (non-hydrogen) atoms. The Morgan fingerprint density at radius 2 is 2.00 bits per heavy atom. The van der Waals surface area contributed by atoms with Crippen LogP contribution in [0.1, 0.15) is 18.7 Å². The van der Waals surface area contributed by atoms with Gasteiger partial charge in [-0.05, 0) is 44.2 Å². The van der Waals surface area contributed by atoms with Crippen LogP contribution in [-0.4, -0.2) is 65.7 Å². The molecular weight excluding hydrogens is 370 g/mol. The minimum Gasteiger partial charge on any atom is -0.497 e. The number of carboxylic acids is 1. The molecule has 1 aliphatic heterocycles. The van der Waals surface area contributed by atoms with Gasteiger partial charge in [0.2, 0.25) is 5.89 Å². The standard InChI is InChI=1S/C19H25N3O4.ClH/c1-21(13-19(23)24)15-7-9-22(10-8-15)12-18-20-11-17(26-18)14-3-5-16(25-2)6-4-14;/h3-6,11,15H,7-10,12-13H2,1-2H3,(H,23,24);1H. The van der Waals surface area contributed by atoms with Gasteiger partial charge < -0.3 is 14.3 Å². The van der Waals surface area contributed by atoms with E-state index in [1.54, 1.807) is 13.3 Å². The molecule has 2 heterocycles. The van der Waals surface area contributed by atoms with Crippen molar-refractivity contribution in [2.75, 3.05) is 33.8 Å². The maximum Gasteiger partial charge on any atom is 0.317 e. The van der Waals surface area contributed by atoms with Gasteiger partial charge in [0.05, 0.1) is 26.4 Å². The van der Waals surface area contributed by atoms with Crippen LogP contribution in [0.25, 0.3) is 11.3 Å². The predicted molar refractivity (Wildman–Crippen MR) is 104 cm³/mol. The first-order valence-corrected chi connectivity index (χ1v) is 8.78. The highest BCUT2D eigenvalue weighted by atomic mass is 35.5. The molecule has 1 N–H and O–H groups in total. The van der Waals surface area contributed by atoms with E-state index in [1.165, 1.54) is 0 Å². The van der Waals surface area contributed by atoms with E-state index >= 15 is 0 Å². The molecule has 0 saturated carbocycles. The van der Waals surface area contributed by atoms with Crippen molar-refractivity contribution in [1.82, 2.24) is 14.8 Å². The average Bonchev–Trinajstić information content (AvgIpc) is 3.10. The molecule has 7 nitrogen and oxygen atoms in total. The van der Waals surface area contributed by atoms with E-state index in [-0.39, 0.29) is 19.0 Å². The molecule has 148 valence electrons. The zero-order chi connectivity index (χ0) is 18.5. The molecule has 0 radical (unpaired) electrons. The molecular formula is C19H26ClN3O4. The van der Waals surface area contributed by atoms with Crippen molar-refractivity contribution in [2.24, 2.45) is 0 Å². The highest BCUT2D eigenvalue weighted by molar-refractivity contribution is 5.85. The number of methoxy groups -OCH3 is 1. The summed E-state index contributed by atoms with van der Waals surface area (Å²) in [6, 6.07) is 8.02. The molecule has 0 unspecified atom stereocenters. The van der Waals surface area contributed by atoms with Crippen molar-refractivity contribution < 1.29 is 19.1 Å². The van der Waals surface area contributed by atoms with Gasteiger partial charge in [-0.3, -0.25) is 14.6 Å². The highest BCUT2D eigenvalue weighted by Gasteiger charge is 2.24. The summed E-state index contributed by atoms with van der Waals surface area (Å²) in [5, 5.41) is 8.91. The first-order chi connectivity index (χ1) is 12.5. The van der Waals surface area contributed by atoms with Crippen molar-refractivity contribution in [2.45, 2.75) is 25.4 Å². The van der Waals surface area contributed by atoms with Crippen LogP contribution in [0.2, 0.25) is 0 Å². The Labute approximate surface area is 165 Å². The Hall–Kier alpha value is -2.09. The number of halogens is 1. The van der Waals surface area contributed by atoms with Crippen molar-refractivity contribution in [3.8, 4) is 17.1 Å². The Kier molecular flexibility index (Phi) is 7.65. The number of likely N-dealkylation sites (tertiary alicyclic amines) is 1. The molecule has 1 aromatic carbocycles. The summed E-state index contributed by atoms with van der Waals surface area (Å²) in [4.78, 5) is 19.5. The number of hydrogen-bond acceptors (Lipinski definition) is 6. The molecule has 8 heteroatoms. The third kappa shape index (κ3) is 5.69. The Bertz CT molecular complexity index is 727. The topological polar surface area (TPSA) is 79.0 Å². The maximum absolute atomic E-state index is 10.8. The van der Waals surface area contributed by atoms with Crippen LogP contribution < -0.4 is 4.74 Å². The lowest BCUT2D eigenvalue weighted by Crippen LogP contribution is -2.44. The first kappa shape index (κ1) is 21.2. The molecule has 1 aliphatic rings. The van der Waals surface area contributed by atoms with Crippen LogP contribution in [0.5, 0.6) is 5.75 Å². The minimum atomic E-state index is -0.777. The number of rotatable bonds is 7. The number of nitrogens with zero attached hydrogens (tertiary/aromatic N) is 3. The number of piperidine rings is 1. The fourth-order valence-electron chi connectivity index (χ4n) is 3.32. The van der Waals surface area contributed by atoms with Gasteiger partial charge in [-0.15, -0.1) is 12.4 Å². The number of aromatic nitrogens is 1. The lowest BCUT2D eigenvalue weighted by atomic mass is 10.0.